The quantitative estimate of drug-likeness (QED) is 0.498. The number of hydrogen-bond donors (Lipinski definition) is 0. The molecule has 0 saturated carbocycles. The molecule has 0 bridgehead atoms. The van der Waals surface area contributed by atoms with Crippen LogP contribution in [-0.4, -0.2) is 19.6 Å². The van der Waals surface area contributed by atoms with Crippen molar-refractivity contribution in [2.75, 3.05) is 0 Å². The zero-order chi connectivity index (χ0) is 16.5. The summed E-state index contributed by atoms with van der Waals surface area (Å²) in [5.74, 6) is 0. The van der Waals surface area contributed by atoms with Gasteiger partial charge in [-0.2, -0.15) is 0 Å². The molecule has 0 aromatic heterocycles. The summed E-state index contributed by atoms with van der Waals surface area (Å²) < 4.78 is 76.6. The summed E-state index contributed by atoms with van der Waals surface area (Å²) in [7, 11) is 0. The second-order valence-corrected chi connectivity index (χ2v) is 10.2. The Morgan fingerprint density at radius 2 is 0.864 bits per heavy atom. The fourth-order valence-corrected chi connectivity index (χ4v) is 5.72. The number of rotatable bonds is 2. The molecule has 2 aromatic rings. The predicted octanol–water partition coefficient (Wildman–Crippen LogP) is 3.96. The fraction of sp³-hybridized carbons (Fsp3) is 0.200. The van der Waals surface area contributed by atoms with Crippen molar-refractivity contribution in [3.05, 3.63) is 59.7 Å². The molecular weight excluding hydrogens is 422 g/mol. The molecule has 0 aliphatic heterocycles. The molecule has 0 amide bonds. The Morgan fingerprint density at radius 1 is 0.591 bits per heavy atom. The molecule has 0 aliphatic rings. The van der Waals surface area contributed by atoms with E-state index in [1.165, 1.54) is 24.3 Å². The van der Waals surface area contributed by atoms with Crippen molar-refractivity contribution in [3.8, 4) is 0 Å². The number of halogens is 6. The maximum atomic E-state index is 12.5. The van der Waals surface area contributed by atoms with Crippen molar-refractivity contribution in [1.82, 2.24) is 0 Å². The van der Waals surface area contributed by atoms with Crippen LogP contribution in [0.3, 0.4) is 0 Å². The van der Waals surface area contributed by atoms with E-state index in [0.29, 0.717) is 0 Å². The van der Waals surface area contributed by atoms with Gasteiger partial charge in [-0.05, 0) is 0 Å². The molecule has 0 radical (unpaired) electrons. The van der Waals surface area contributed by atoms with Gasteiger partial charge in [-0.25, -0.2) is 0 Å². The van der Waals surface area contributed by atoms with Gasteiger partial charge in [0.05, 0.1) is 0 Å². The van der Waals surface area contributed by atoms with Gasteiger partial charge in [0.2, 0.25) is 0 Å². The van der Waals surface area contributed by atoms with E-state index in [-0.39, 0.29) is 0 Å². The van der Waals surface area contributed by atoms with Gasteiger partial charge in [0.15, 0.2) is 0 Å². The first-order chi connectivity index (χ1) is 10.1. The van der Waals surface area contributed by atoms with E-state index in [4.69, 9.17) is 0 Å². The van der Waals surface area contributed by atoms with E-state index >= 15 is 0 Å². The van der Waals surface area contributed by atoms with Crippen LogP contribution >= 0.6 is 0 Å². The average Bonchev–Trinajstić information content (AvgIpc) is 2.45. The fourth-order valence-electron chi connectivity index (χ4n) is 1.83. The molecule has 0 heterocycles. The molecule has 0 spiro atoms. The standard InChI is InChI=1S/C15H11F6Te/c1-22(12-6-2-10(3-7-12)14(16,17)18)13-8-4-11(5-9-13)15(19,20)21/h2-9H,1H3/q+1. The SMILES string of the molecule is C[Te+](c1ccc(C(F)(F)F)cc1)c1ccc(C(F)(F)F)cc1. The van der Waals surface area contributed by atoms with E-state index in [0.717, 1.165) is 31.5 Å². The first-order valence-electron chi connectivity index (χ1n) is 6.09. The molecular formula is C15H11F6Te+. The molecule has 0 fully saturated rings. The molecule has 0 unspecified atom stereocenters. The molecule has 118 valence electrons. The normalized spacial score (nSPS) is 12.7. The summed E-state index contributed by atoms with van der Waals surface area (Å²) >= 11 is -2.14. The minimum absolute atomic E-state index is 0.727. The van der Waals surface area contributed by atoms with Crippen LogP contribution in [0.25, 0.3) is 0 Å². The molecule has 7 heteroatoms. The average molecular weight is 433 g/mol. The van der Waals surface area contributed by atoms with Gasteiger partial charge in [-0.3, -0.25) is 0 Å². The van der Waals surface area contributed by atoms with Gasteiger partial charge in [-0.15, -0.1) is 0 Å². The van der Waals surface area contributed by atoms with Crippen LogP contribution in [-0.2, 0) is 12.4 Å². The number of alkyl halides is 6. The van der Waals surface area contributed by atoms with Crippen molar-refractivity contribution in [2.45, 2.75) is 17.3 Å². The van der Waals surface area contributed by atoms with E-state index < -0.39 is 43.0 Å². The van der Waals surface area contributed by atoms with Crippen molar-refractivity contribution in [1.29, 1.82) is 0 Å². The van der Waals surface area contributed by atoms with Crippen LogP contribution in [0.1, 0.15) is 11.1 Å². The zero-order valence-electron chi connectivity index (χ0n) is 11.3. The van der Waals surface area contributed by atoms with Gasteiger partial charge in [-0.1, -0.05) is 0 Å². The van der Waals surface area contributed by atoms with E-state index in [1.807, 2.05) is 4.97 Å². The molecule has 0 aliphatic carbocycles. The Hall–Kier alpha value is -1.19. The maximum absolute atomic E-state index is 12.5. The summed E-state index contributed by atoms with van der Waals surface area (Å²) in [6, 6.07) is 9.70. The molecule has 0 atom stereocenters. The van der Waals surface area contributed by atoms with Crippen LogP contribution in [0.2, 0.25) is 4.97 Å². The van der Waals surface area contributed by atoms with Gasteiger partial charge in [0.25, 0.3) is 0 Å². The molecule has 22 heavy (non-hydrogen) atoms. The van der Waals surface area contributed by atoms with Crippen molar-refractivity contribution in [2.24, 2.45) is 0 Å². The van der Waals surface area contributed by atoms with E-state index in [1.54, 1.807) is 0 Å². The van der Waals surface area contributed by atoms with E-state index in [2.05, 4.69) is 0 Å². The van der Waals surface area contributed by atoms with Crippen LogP contribution < -0.4 is 7.22 Å². The Kier molecular flexibility index (Phi) is 4.78. The topological polar surface area (TPSA) is 0 Å². The molecule has 0 nitrogen and oxygen atoms in total. The minimum atomic E-state index is -4.39. The van der Waals surface area contributed by atoms with Crippen molar-refractivity contribution < 1.29 is 26.3 Å². The summed E-state index contributed by atoms with van der Waals surface area (Å²) in [5, 5.41) is 0. The van der Waals surface area contributed by atoms with E-state index in [9.17, 15) is 26.3 Å². The summed E-state index contributed by atoms with van der Waals surface area (Å²) in [4.78, 5) is 1.90. The predicted molar refractivity (Wildman–Crippen MR) is 73.8 cm³/mol. The van der Waals surface area contributed by atoms with Crippen LogP contribution in [0.4, 0.5) is 26.3 Å². The Morgan fingerprint density at radius 3 is 1.09 bits per heavy atom. The molecule has 0 N–H and O–H groups in total. The number of hydrogen-bond acceptors (Lipinski definition) is 0. The Bertz CT molecular complexity index is 568. The number of benzene rings is 2. The summed E-state index contributed by atoms with van der Waals surface area (Å²) in [6.07, 6.45) is -8.78. The van der Waals surface area contributed by atoms with Gasteiger partial charge in [0, 0.05) is 0 Å². The molecule has 0 saturated heterocycles. The second kappa shape index (κ2) is 6.13. The zero-order valence-corrected chi connectivity index (χ0v) is 13.6. The van der Waals surface area contributed by atoms with Crippen molar-refractivity contribution >= 4 is 26.8 Å². The third-order valence-electron chi connectivity index (χ3n) is 3.07. The van der Waals surface area contributed by atoms with Gasteiger partial charge < -0.3 is 0 Å². The first-order valence-corrected chi connectivity index (χ1v) is 10.8. The van der Waals surface area contributed by atoms with Crippen LogP contribution in [0.5, 0.6) is 0 Å². The van der Waals surface area contributed by atoms with Gasteiger partial charge in [0.1, 0.15) is 0 Å². The Labute approximate surface area is 130 Å². The first kappa shape index (κ1) is 17.2. The summed E-state index contributed by atoms with van der Waals surface area (Å²) in [6.45, 7) is 0. The third kappa shape index (κ3) is 3.96. The van der Waals surface area contributed by atoms with Gasteiger partial charge >= 0.3 is 130 Å². The van der Waals surface area contributed by atoms with Crippen LogP contribution in [0, 0.1) is 0 Å². The monoisotopic (exact) mass is 435 g/mol. The second-order valence-electron chi connectivity index (χ2n) is 4.55. The molecule has 2 aromatic carbocycles. The Balaban J connectivity index is 2.23. The van der Waals surface area contributed by atoms with Crippen molar-refractivity contribution in [3.63, 3.8) is 0 Å². The molecule has 2 rings (SSSR count). The third-order valence-corrected chi connectivity index (χ3v) is 8.66. The van der Waals surface area contributed by atoms with Crippen LogP contribution in [0.15, 0.2) is 48.5 Å². The summed E-state index contributed by atoms with van der Waals surface area (Å²) in [5.41, 5.74) is -1.45.